The molecule has 33 heavy (non-hydrogen) atoms. The first-order valence-electron chi connectivity index (χ1n) is 10.8. The van der Waals surface area contributed by atoms with Crippen LogP contribution in [-0.4, -0.2) is 71.3 Å². The van der Waals surface area contributed by atoms with Gasteiger partial charge in [-0.15, -0.1) is 0 Å². The van der Waals surface area contributed by atoms with Crippen molar-refractivity contribution in [3.8, 4) is 11.3 Å². The zero-order valence-corrected chi connectivity index (χ0v) is 19.5. The van der Waals surface area contributed by atoms with Crippen LogP contribution < -0.4 is 0 Å². The maximum absolute atomic E-state index is 13.8. The number of imidazole rings is 1. The van der Waals surface area contributed by atoms with E-state index in [2.05, 4.69) is 16.9 Å². The molecule has 0 N–H and O–H groups in total. The molecule has 0 radical (unpaired) electrons. The van der Waals surface area contributed by atoms with E-state index >= 15 is 0 Å². The van der Waals surface area contributed by atoms with Gasteiger partial charge in [0.2, 0.25) is 0 Å². The van der Waals surface area contributed by atoms with Crippen LogP contribution in [0.1, 0.15) is 5.56 Å². The SMILES string of the molecule is CN1CCN(/N=C/c2c(-c3ccccc3)n(S(=O)(=O)c3cn(C)cn3)c3ccccc23)CC1. The molecule has 9 heteroatoms. The predicted octanol–water partition coefficient (Wildman–Crippen LogP) is 2.86. The van der Waals surface area contributed by atoms with Crippen molar-refractivity contribution < 1.29 is 8.42 Å². The van der Waals surface area contributed by atoms with Crippen LogP contribution in [0.25, 0.3) is 22.2 Å². The van der Waals surface area contributed by atoms with Crippen LogP contribution in [0.15, 0.2) is 77.2 Å². The van der Waals surface area contributed by atoms with Gasteiger partial charge in [-0.2, -0.15) is 13.5 Å². The molecule has 0 amide bonds. The lowest BCUT2D eigenvalue weighted by Crippen LogP contribution is -2.41. The molecule has 0 atom stereocenters. The van der Waals surface area contributed by atoms with Crippen molar-refractivity contribution in [2.75, 3.05) is 33.2 Å². The second-order valence-electron chi connectivity index (χ2n) is 8.29. The Balaban J connectivity index is 1.75. The first-order chi connectivity index (χ1) is 15.9. The second kappa shape index (κ2) is 8.49. The monoisotopic (exact) mass is 462 g/mol. The number of fused-ring (bicyclic) bond motifs is 1. The molecule has 3 heterocycles. The topological polar surface area (TPSA) is 75.7 Å². The minimum Gasteiger partial charge on any atom is -0.339 e. The fraction of sp³-hybridized carbons (Fsp3) is 0.250. The van der Waals surface area contributed by atoms with Crippen LogP contribution in [0.3, 0.4) is 0 Å². The first-order valence-corrected chi connectivity index (χ1v) is 12.3. The Morgan fingerprint density at radius 2 is 1.64 bits per heavy atom. The van der Waals surface area contributed by atoms with Gasteiger partial charge in [0.15, 0.2) is 5.03 Å². The molecule has 1 aliphatic heterocycles. The highest BCUT2D eigenvalue weighted by molar-refractivity contribution is 7.90. The molecule has 0 bridgehead atoms. The molecule has 1 fully saturated rings. The average Bonchev–Trinajstić information content (AvgIpc) is 3.41. The quantitative estimate of drug-likeness (QED) is 0.427. The van der Waals surface area contributed by atoms with E-state index in [0.717, 1.165) is 42.7 Å². The van der Waals surface area contributed by atoms with Crippen LogP contribution in [0.5, 0.6) is 0 Å². The summed E-state index contributed by atoms with van der Waals surface area (Å²) in [6.45, 7) is 3.55. The number of hydrogen-bond donors (Lipinski definition) is 0. The predicted molar refractivity (Wildman–Crippen MR) is 130 cm³/mol. The van der Waals surface area contributed by atoms with Crippen molar-refractivity contribution in [1.82, 2.24) is 23.4 Å². The normalized spacial score (nSPS) is 15.6. The van der Waals surface area contributed by atoms with Crippen LogP contribution in [0.4, 0.5) is 0 Å². The average molecular weight is 463 g/mol. The van der Waals surface area contributed by atoms with E-state index in [0.29, 0.717) is 11.2 Å². The zero-order valence-electron chi connectivity index (χ0n) is 18.7. The summed E-state index contributed by atoms with van der Waals surface area (Å²) in [4.78, 5) is 6.42. The van der Waals surface area contributed by atoms with Gasteiger partial charge in [0, 0.05) is 50.4 Å². The molecule has 0 spiro atoms. The highest BCUT2D eigenvalue weighted by atomic mass is 32.2. The summed E-state index contributed by atoms with van der Waals surface area (Å²) in [6.07, 6.45) is 4.83. The van der Waals surface area contributed by atoms with Crippen LogP contribution >= 0.6 is 0 Å². The molecule has 0 saturated carbocycles. The number of likely N-dealkylation sites (N-methyl/N-ethyl adjacent to an activating group) is 1. The molecular weight excluding hydrogens is 436 g/mol. The van der Waals surface area contributed by atoms with Crippen molar-refractivity contribution in [2.24, 2.45) is 12.1 Å². The summed E-state index contributed by atoms with van der Waals surface area (Å²) in [5.74, 6) is 0. The Bertz CT molecular complexity index is 1410. The van der Waals surface area contributed by atoms with Crippen molar-refractivity contribution in [3.05, 3.63) is 72.7 Å². The summed E-state index contributed by atoms with van der Waals surface area (Å²) in [6, 6.07) is 17.1. The summed E-state index contributed by atoms with van der Waals surface area (Å²) in [5.41, 5.74) is 2.76. The molecule has 0 unspecified atom stereocenters. The largest absolute Gasteiger partial charge is 0.339 e. The maximum Gasteiger partial charge on any atom is 0.287 e. The third-order valence-electron chi connectivity index (χ3n) is 5.93. The van der Waals surface area contributed by atoms with Gasteiger partial charge < -0.3 is 9.47 Å². The number of hydrazone groups is 1. The number of hydrogen-bond acceptors (Lipinski definition) is 6. The Morgan fingerprint density at radius 3 is 2.33 bits per heavy atom. The molecule has 5 rings (SSSR count). The van der Waals surface area contributed by atoms with Gasteiger partial charge in [0.1, 0.15) is 0 Å². The Kier molecular flexibility index (Phi) is 5.51. The third kappa shape index (κ3) is 3.94. The zero-order chi connectivity index (χ0) is 23.0. The number of benzene rings is 2. The van der Waals surface area contributed by atoms with E-state index in [1.807, 2.05) is 59.6 Å². The van der Waals surface area contributed by atoms with Gasteiger partial charge in [-0.05, 0) is 18.7 Å². The van der Waals surface area contributed by atoms with E-state index in [1.165, 1.54) is 16.5 Å². The minimum absolute atomic E-state index is 0.00508. The lowest BCUT2D eigenvalue weighted by atomic mass is 10.1. The van der Waals surface area contributed by atoms with Crippen molar-refractivity contribution in [3.63, 3.8) is 0 Å². The number of rotatable bonds is 5. The number of para-hydroxylation sites is 1. The molecule has 4 aromatic rings. The maximum atomic E-state index is 13.8. The smallest absolute Gasteiger partial charge is 0.287 e. The molecule has 170 valence electrons. The summed E-state index contributed by atoms with van der Waals surface area (Å²) in [7, 11) is -0.0926. The molecule has 2 aromatic carbocycles. The van der Waals surface area contributed by atoms with E-state index in [-0.39, 0.29) is 5.03 Å². The number of aryl methyl sites for hydroxylation is 1. The first kappa shape index (κ1) is 21.4. The van der Waals surface area contributed by atoms with Crippen molar-refractivity contribution >= 4 is 27.1 Å². The van der Waals surface area contributed by atoms with Crippen LogP contribution in [0.2, 0.25) is 0 Å². The van der Waals surface area contributed by atoms with Gasteiger partial charge in [0.05, 0.1) is 23.8 Å². The second-order valence-corrected chi connectivity index (χ2v) is 10.0. The molecule has 8 nitrogen and oxygen atoms in total. The number of aromatic nitrogens is 3. The highest BCUT2D eigenvalue weighted by Crippen LogP contribution is 2.35. The van der Waals surface area contributed by atoms with Gasteiger partial charge in [-0.25, -0.2) is 8.96 Å². The lowest BCUT2D eigenvalue weighted by molar-refractivity contribution is 0.159. The fourth-order valence-corrected chi connectivity index (χ4v) is 5.68. The number of nitrogens with zero attached hydrogens (tertiary/aromatic N) is 6. The lowest BCUT2D eigenvalue weighted by Gasteiger charge is -2.30. The minimum atomic E-state index is -3.95. The van der Waals surface area contributed by atoms with E-state index in [4.69, 9.17) is 5.10 Å². The van der Waals surface area contributed by atoms with Crippen molar-refractivity contribution in [1.29, 1.82) is 0 Å². The molecule has 1 aliphatic rings. The van der Waals surface area contributed by atoms with E-state index in [9.17, 15) is 8.42 Å². The van der Waals surface area contributed by atoms with E-state index < -0.39 is 10.0 Å². The van der Waals surface area contributed by atoms with Gasteiger partial charge in [-0.1, -0.05) is 48.5 Å². The summed E-state index contributed by atoms with van der Waals surface area (Å²) < 4.78 is 30.7. The summed E-state index contributed by atoms with van der Waals surface area (Å²) >= 11 is 0. The van der Waals surface area contributed by atoms with Gasteiger partial charge in [0.25, 0.3) is 10.0 Å². The van der Waals surface area contributed by atoms with Crippen molar-refractivity contribution in [2.45, 2.75) is 5.03 Å². The van der Waals surface area contributed by atoms with Crippen LogP contribution in [-0.2, 0) is 17.1 Å². The van der Waals surface area contributed by atoms with Gasteiger partial charge in [-0.3, -0.25) is 5.01 Å². The van der Waals surface area contributed by atoms with E-state index in [1.54, 1.807) is 17.8 Å². The molecular formula is C24H26N6O2S. The number of piperazine rings is 1. The molecule has 2 aromatic heterocycles. The Hall–Kier alpha value is -3.43. The Morgan fingerprint density at radius 1 is 0.939 bits per heavy atom. The standard InChI is InChI=1S/C24H26N6O2S/c1-27-12-14-29(15-13-27)26-16-21-20-10-6-7-11-22(20)30(24(21)19-8-4-3-5-9-19)33(31,32)23-17-28(2)18-25-23/h3-11,16-18H,12-15H2,1-2H3/b26-16+. The van der Waals surface area contributed by atoms with Crippen LogP contribution in [0, 0.1) is 0 Å². The third-order valence-corrected chi connectivity index (χ3v) is 7.53. The summed E-state index contributed by atoms with van der Waals surface area (Å²) in [5, 5.41) is 7.62. The Labute approximate surface area is 193 Å². The fourth-order valence-electron chi connectivity index (χ4n) is 4.15. The highest BCUT2D eigenvalue weighted by Gasteiger charge is 2.29. The van der Waals surface area contributed by atoms with Gasteiger partial charge >= 0.3 is 0 Å². The molecule has 1 saturated heterocycles. The molecule has 0 aliphatic carbocycles.